The number of aromatic nitrogens is 3. The molecule has 0 amide bonds. The molecule has 0 bridgehead atoms. The van der Waals surface area contributed by atoms with Gasteiger partial charge in [0.2, 0.25) is 0 Å². The van der Waals surface area contributed by atoms with Crippen LogP contribution in [0.15, 0.2) is 85.0 Å². The molecule has 0 saturated carbocycles. The summed E-state index contributed by atoms with van der Waals surface area (Å²) in [5.41, 5.74) is 7.74. The van der Waals surface area contributed by atoms with Crippen molar-refractivity contribution in [3.63, 3.8) is 0 Å². The molecular formula is C37H32N5OPtS-3. The van der Waals surface area contributed by atoms with Gasteiger partial charge >= 0.3 is 0 Å². The Balaban J connectivity index is 0.00000325. The summed E-state index contributed by atoms with van der Waals surface area (Å²) in [4.78, 5) is 15.0. The minimum atomic E-state index is -0.110. The Morgan fingerprint density at radius 3 is 2.47 bits per heavy atom. The van der Waals surface area contributed by atoms with Crippen LogP contribution in [0.25, 0.3) is 32.6 Å². The number of hydrogen-bond donors (Lipinski definition) is 0. The van der Waals surface area contributed by atoms with Crippen LogP contribution in [0.1, 0.15) is 50.6 Å². The standard InChI is InChI=1S/C37H32N5OS.Pt/c1-36(2,3)32-21-39-35(44-32)42-30-14-10-8-11-26(30)27-16-15-24(18-31(27)42)43-25-17-23(19-38-20-25)41-22-40(6)34-33(41)28-12-7-9-13-29(28)37(34,4)5;/h7-16,19-22H,1-6H3;/q-3;. The Labute approximate surface area is 282 Å². The summed E-state index contributed by atoms with van der Waals surface area (Å²) in [6.07, 6.45) is 5.53. The number of fused-ring (bicyclic) bond motifs is 5. The number of hydrogen-bond acceptors (Lipinski definition) is 6. The molecular weight excluding hydrogens is 758 g/mol. The van der Waals surface area contributed by atoms with Crippen molar-refractivity contribution < 1.29 is 25.8 Å². The van der Waals surface area contributed by atoms with Gasteiger partial charge in [-0.2, -0.15) is 12.7 Å². The van der Waals surface area contributed by atoms with Crippen molar-refractivity contribution in [1.29, 1.82) is 0 Å². The van der Waals surface area contributed by atoms with Gasteiger partial charge in [-0.3, -0.25) is 0 Å². The van der Waals surface area contributed by atoms with Crippen LogP contribution in [0.4, 0.5) is 5.69 Å². The van der Waals surface area contributed by atoms with E-state index in [1.54, 1.807) is 17.5 Å². The summed E-state index contributed by atoms with van der Waals surface area (Å²) in [5, 5.41) is 3.18. The number of pyridine rings is 1. The van der Waals surface area contributed by atoms with Gasteiger partial charge in [0.1, 0.15) is 0 Å². The Kier molecular flexibility index (Phi) is 6.99. The van der Waals surface area contributed by atoms with E-state index in [9.17, 15) is 0 Å². The fraction of sp³-hybridized carbons (Fsp3) is 0.216. The van der Waals surface area contributed by atoms with Crippen LogP contribution in [0.2, 0.25) is 0 Å². The Morgan fingerprint density at radius 1 is 0.889 bits per heavy atom. The molecule has 0 radical (unpaired) electrons. The first kappa shape index (κ1) is 29.8. The number of allylic oxidation sites excluding steroid dienone is 1. The first-order valence-corrected chi connectivity index (χ1v) is 15.6. The molecule has 1 aliphatic carbocycles. The van der Waals surface area contributed by atoms with Gasteiger partial charge in [0.05, 0.1) is 0 Å². The first-order chi connectivity index (χ1) is 21.1. The number of anilines is 1. The van der Waals surface area contributed by atoms with Crippen molar-refractivity contribution in [3.8, 4) is 16.6 Å². The van der Waals surface area contributed by atoms with Crippen molar-refractivity contribution in [2.45, 2.75) is 45.4 Å². The van der Waals surface area contributed by atoms with Gasteiger partial charge < -0.3 is 24.1 Å². The maximum Gasteiger partial charge on any atom is 0.192 e. The topological polar surface area (TPSA) is 46.4 Å². The minimum absolute atomic E-state index is 0. The molecule has 0 atom stereocenters. The number of thiazole rings is 1. The van der Waals surface area contributed by atoms with Crippen LogP contribution in [-0.2, 0) is 31.9 Å². The van der Waals surface area contributed by atoms with E-state index < -0.39 is 0 Å². The van der Waals surface area contributed by atoms with Gasteiger partial charge in [-0.05, 0) is 35.7 Å². The van der Waals surface area contributed by atoms with Gasteiger partial charge in [-0.15, -0.1) is 34.9 Å². The molecule has 0 saturated heterocycles. The Morgan fingerprint density at radius 2 is 1.67 bits per heavy atom. The molecule has 0 spiro atoms. The van der Waals surface area contributed by atoms with Crippen molar-refractivity contribution in [1.82, 2.24) is 19.4 Å². The number of benzene rings is 3. The molecule has 0 unspecified atom stereocenters. The number of likely N-dealkylation sites (N-methyl/N-ethyl adjacent to an activating group) is 1. The molecule has 6 nitrogen and oxygen atoms in total. The third-order valence-electron chi connectivity index (χ3n) is 8.65. The van der Waals surface area contributed by atoms with Gasteiger partial charge in [-0.1, -0.05) is 94.5 Å². The third kappa shape index (κ3) is 4.62. The molecule has 0 fully saturated rings. The maximum absolute atomic E-state index is 6.41. The van der Waals surface area contributed by atoms with Crippen LogP contribution in [0, 0.1) is 18.8 Å². The Bertz CT molecular complexity index is 2140. The molecule has 4 heterocycles. The van der Waals surface area contributed by atoms with Crippen molar-refractivity contribution >= 4 is 44.5 Å². The summed E-state index contributed by atoms with van der Waals surface area (Å²) in [6, 6.07) is 28.2. The van der Waals surface area contributed by atoms with Crippen LogP contribution in [0.3, 0.4) is 0 Å². The first-order valence-electron chi connectivity index (χ1n) is 14.8. The zero-order valence-electron chi connectivity index (χ0n) is 26.0. The normalized spacial score (nSPS) is 15.5. The molecule has 3 aromatic carbocycles. The predicted octanol–water partition coefficient (Wildman–Crippen LogP) is 8.85. The van der Waals surface area contributed by atoms with Crippen molar-refractivity contribution in [2.24, 2.45) is 0 Å². The second-order valence-electron chi connectivity index (χ2n) is 13.0. The van der Waals surface area contributed by atoms with Gasteiger partial charge in [-0.25, -0.2) is 4.98 Å². The zero-order valence-corrected chi connectivity index (χ0v) is 29.0. The maximum atomic E-state index is 6.41. The van der Waals surface area contributed by atoms with Crippen LogP contribution >= 0.6 is 11.3 Å². The third-order valence-corrected chi connectivity index (χ3v) is 10.1. The summed E-state index contributed by atoms with van der Waals surface area (Å²) >= 11 is 1.71. The number of nitrogens with zero attached hydrogens (tertiary/aromatic N) is 5. The summed E-state index contributed by atoms with van der Waals surface area (Å²) < 4.78 is 8.60. The fourth-order valence-electron chi connectivity index (χ4n) is 6.62. The Hall–Kier alpha value is -3.93. The van der Waals surface area contributed by atoms with Gasteiger partial charge in [0.15, 0.2) is 5.13 Å². The molecule has 230 valence electrons. The molecule has 3 aromatic heterocycles. The van der Waals surface area contributed by atoms with E-state index in [2.05, 4.69) is 134 Å². The van der Waals surface area contributed by atoms with E-state index >= 15 is 0 Å². The second kappa shape index (κ2) is 10.6. The van der Waals surface area contributed by atoms with Gasteiger partial charge in [0.25, 0.3) is 0 Å². The predicted molar refractivity (Wildman–Crippen MR) is 178 cm³/mol. The van der Waals surface area contributed by atoms with Crippen LogP contribution < -0.4 is 9.64 Å². The molecule has 2 aliphatic rings. The van der Waals surface area contributed by atoms with Crippen molar-refractivity contribution in [2.75, 3.05) is 11.9 Å². The summed E-state index contributed by atoms with van der Waals surface area (Å²) in [5.74, 6) is 1.12. The monoisotopic (exact) mass is 789 g/mol. The van der Waals surface area contributed by atoms with Crippen LogP contribution in [-0.4, -0.2) is 26.5 Å². The smallest absolute Gasteiger partial charge is 0.192 e. The fourth-order valence-corrected chi connectivity index (χ4v) is 7.61. The van der Waals surface area contributed by atoms with E-state index in [1.165, 1.54) is 27.4 Å². The molecule has 0 N–H and O–H groups in total. The SMILES string of the molecule is CN1[CH-]N(c2[c-]c(Oc3[c-]c4c(cc3)c3ccccc3n4-c3ncc(C(C)(C)C)s3)cnc2)C2=C1C(C)(C)c1ccccc12.[Pt]. The van der Waals surface area contributed by atoms with E-state index in [0.717, 1.165) is 32.6 Å². The summed E-state index contributed by atoms with van der Waals surface area (Å²) in [7, 11) is 2.10. The van der Waals surface area contributed by atoms with Gasteiger partial charge in [0, 0.05) is 71.5 Å². The molecule has 8 heteroatoms. The van der Waals surface area contributed by atoms with Crippen LogP contribution in [0.5, 0.6) is 11.5 Å². The number of ether oxygens (including phenoxy) is 1. The summed E-state index contributed by atoms with van der Waals surface area (Å²) in [6.45, 7) is 13.3. The largest absolute Gasteiger partial charge is 0.508 e. The average molecular weight is 790 g/mol. The quantitative estimate of drug-likeness (QED) is 0.167. The van der Waals surface area contributed by atoms with E-state index in [4.69, 9.17) is 9.72 Å². The number of para-hydroxylation sites is 1. The molecule has 1 aliphatic heterocycles. The van der Waals surface area contributed by atoms with E-state index in [0.29, 0.717) is 11.5 Å². The van der Waals surface area contributed by atoms with E-state index in [-0.39, 0.29) is 31.9 Å². The van der Waals surface area contributed by atoms with E-state index in [1.807, 2.05) is 18.5 Å². The molecule has 45 heavy (non-hydrogen) atoms. The molecule has 6 aromatic rings. The minimum Gasteiger partial charge on any atom is -0.508 e. The zero-order chi connectivity index (χ0) is 30.4. The average Bonchev–Trinajstić information content (AvgIpc) is 3.75. The molecule has 8 rings (SSSR count). The second-order valence-corrected chi connectivity index (χ2v) is 14.1. The van der Waals surface area contributed by atoms with Crippen molar-refractivity contribution in [3.05, 3.63) is 120 Å². The number of rotatable bonds is 4.